The molecule has 7 nitrogen and oxygen atoms in total. The van der Waals surface area contributed by atoms with Gasteiger partial charge in [-0.05, 0) is 97.1 Å². The number of nitrogens with zero attached hydrogens (tertiary/aromatic N) is 4. The molecule has 1 saturated heterocycles. The van der Waals surface area contributed by atoms with Crippen molar-refractivity contribution in [3.05, 3.63) is 127 Å². The molecule has 0 spiro atoms. The maximum atomic E-state index is 6.05. The third-order valence-electron chi connectivity index (χ3n) is 6.52. The topological polar surface area (TPSA) is 64.4 Å². The van der Waals surface area contributed by atoms with Crippen molar-refractivity contribution in [1.82, 2.24) is 19.9 Å². The van der Waals surface area contributed by atoms with E-state index in [1.54, 1.807) is 13.3 Å². The molecule has 2 atom stereocenters. The number of pyridine rings is 2. The zero-order chi connectivity index (χ0) is 25.9. The van der Waals surface area contributed by atoms with E-state index in [1.807, 2.05) is 104 Å². The summed E-state index contributed by atoms with van der Waals surface area (Å²) in [6.07, 6.45) is 7.49. The molecule has 6 rings (SSSR count). The van der Waals surface area contributed by atoms with Crippen LogP contribution in [0.15, 0.2) is 116 Å². The van der Waals surface area contributed by atoms with Crippen molar-refractivity contribution in [2.45, 2.75) is 12.1 Å². The van der Waals surface area contributed by atoms with Crippen molar-refractivity contribution in [2.24, 2.45) is 0 Å². The number of anilines is 1. The molecule has 0 radical (unpaired) electrons. The second kappa shape index (κ2) is 10.4. The molecular formula is C30H25N5O2S. The van der Waals surface area contributed by atoms with Crippen LogP contribution >= 0.6 is 12.2 Å². The molecule has 0 unspecified atom stereocenters. The molecule has 0 aliphatic carbocycles. The predicted molar refractivity (Wildman–Crippen MR) is 151 cm³/mol. The van der Waals surface area contributed by atoms with E-state index in [2.05, 4.69) is 30.8 Å². The van der Waals surface area contributed by atoms with Crippen LogP contribution in [0.5, 0.6) is 17.2 Å². The second-order valence-corrected chi connectivity index (χ2v) is 9.17. The van der Waals surface area contributed by atoms with Gasteiger partial charge in [-0.3, -0.25) is 9.97 Å². The van der Waals surface area contributed by atoms with Gasteiger partial charge >= 0.3 is 0 Å². The SMILES string of the molecule is COc1ccc(Oc2ccc(N3C(=S)N[C@@H](c4ccccn4)[C@@H]3c3cccn3-c3cccnc3)cc2)cc1. The van der Waals surface area contributed by atoms with Gasteiger partial charge in [-0.2, -0.15) is 0 Å². The molecule has 1 aliphatic rings. The number of benzene rings is 2. The van der Waals surface area contributed by atoms with Crippen LogP contribution in [-0.4, -0.2) is 26.8 Å². The first-order valence-electron chi connectivity index (χ1n) is 12.2. The molecule has 4 heterocycles. The lowest BCUT2D eigenvalue weighted by Gasteiger charge is -2.29. The molecule has 2 aromatic carbocycles. The van der Waals surface area contributed by atoms with Gasteiger partial charge in [0.05, 0.1) is 30.7 Å². The van der Waals surface area contributed by atoms with Gasteiger partial charge < -0.3 is 24.3 Å². The first kappa shape index (κ1) is 23.7. The van der Waals surface area contributed by atoms with Gasteiger partial charge in [-0.15, -0.1) is 0 Å². The lowest BCUT2D eigenvalue weighted by atomic mass is 10.0. The highest BCUT2D eigenvalue weighted by atomic mass is 32.1. The molecular weight excluding hydrogens is 494 g/mol. The third-order valence-corrected chi connectivity index (χ3v) is 6.83. The first-order chi connectivity index (χ1) is 18.7. The summed E-state index contributed by atoms with van der Waals surface area (Å²) >= 11 is 5.89. The minimum atomic E-state index is -0.152. The van der Waals surface area contributed by atoms with Gasteiger partial charge in [0.15, 0.2) is 5.11 Å². The van der Waals surface area contributed by atoms with Gasteiger partial charge in [0, 0.05) is 30.0 Å². The summed E-state index contributed by atoms with van der Waals surface area (Å²) in [5, 5.41) is 4.16. The summed E-state index contributed by atoms with van der Waals surface area (Å²) in [4.78, 5) is 11.1. The Morgan fingerprint density at radius 3 is 2.24 bits per heavy atom. The largest absolute Gasteiger partial charge is 0.497 e. The minimum Gasteiger partial charge on any atom is -0.497 e. The number of hydrogen-bond acceptors (Lipinski definition) is 5. The minimum absolute atomic E-state index is 0.149. The summed E-state index contributed by atoms with van der Waals surface area (Å²) in [5.74, 6) is 2.25. The van der Waals surface area contributed by atoms with E-state index in [0.29, 0.717) is 5.11 Å². The number of hydrogen-bond donors (Lipinski definition) is 1. The first-order valence-corrected chi connectivity index (χ1v) is 12.6. The van der Waals surface area contributed by atoms with Gasteiger partial charge in [0.2, 0.25) is 0 Å². The van der Waals surface area contributed by atoms with Crippen molar-refractivity contribution in [1.29, 1.82) is 0 Å². The summed E-state index contributed by atoms with van der Waals surface area (Å²) in [5.41, 5.74) is 3.92. The smallest absolute Gasteiger partial charge is 0.174 e. The van der Waals surface area contributed by atoms with Crippen molar-refractivity contribution in [3.63, 3.8) is 0 Å². The Morgan fingerprint density at radius 2 is 1.55 bits per heavy atom. The Kier molecular flexibility index (Phi) is 6.46. The van der Waals surface area contributed by atoms with Gasteiger partial charge in [0.25, 0.3) is 0 Å². The Bertz CT molecular complexity index is 1520. The molecule has 8 heteroatoms. The fourth-order valence-electron chi connectivity index (χ4n) is 4.75. The molecule has 188 valence electrons. The number of rotatable bonds is 7. The van der Waals surface area contributed by atoms with Crippen LogP contribution in [0, 0.1) is 0 Å². The van der Waals surface area contributed by atoms with Crippen molar-refractivity contribution in [3.8, 4) is 22.9 Å². The van der Waals surface area contributed by atoms with Crippen LogP contribution < -0.4 is 19.7 Å². The van der Waals surface area contributed by atoms with Crippen molar-refractivity contribution >= 4 is 23.0 Å². The molecule has 1 aliphatic heterocycles. The van der Waals surface area contributed by atoms with Crippen molar-refractivity contribution < 1.29 is 9.47 Å². The van der Waals surface area contributed by atoms with Crippen LogP contribution in [0.25, 0.3) is 5.69 Å². The highest BCUT2D eigenvalue weighted by Gasteiger charge is 2.42. The Balaban J connectivity index is 1.36. The van der Waals surface area contributed by atoms with Crippen LogP contribution in [0.1, 0.15) is 23.5 Å². The monoisotopic (exact) mass is 519 g/mol. The molecule has 0 saturated carbocycles. The maximum absolute atomic E-state index is 6.05. The Hall–Kier alpha value is -4.69. The quantitative estimate of drug-likeness (QED) is 0.255. The molecule has 5 aromatic rings. The molecule has 1 fully saturated rings. The summed E-state index contributed by atoms with van der Waals surface area (Å²) in [6, 6.07) is 29.3. The van der Waals surface area contributed by atoms with E-state index in [0.717, 1.165) is 40.0 Å². The zero-order valence-electron chi connectivity index (χ0n) is 20.6. The predicted octanol–water partition coefficient (Wildman–Crippen LogP) is 6.25. The van der Waals surface area contributed by atoms with Crippen molar-refractivity contribution in [2.75, 3.05) is 12.0 Å². The average Bonchev–Trinajstić information content (AvgIpc) is 3.59. The maximum Gasteiger partial charge on any atom is 0.174 e. The van der Waals surface area contributed by atoms with Crippen LogP contribution in [-0.2, 0) is 0 Å². The fraction of sp³-hybridized carbons (Fsp3) is 0.100. The lowest BCUT2D eigenvalue weighted by molar-refractivity contribution is 0.413. The number of thiocarbonyl (C=S) groups is 1. The molecule has 0 amide bonds. The fourth-order valence-corrected chi connectivity index (χ4v) is 5.10. The van der Waals surface area contributed by atoms with E-state index in [4.69, 9.17) is 21.7 Å². The van der Waals surface area contributed by atoms with E-state index in [-0.39, 0.29) is 12.1 Å². The molecule has 3 aromatic heterocycles. The molecule has 1 N–H and O–H groups in total. The molecule has 0 bridgehead atoms. The second-order valence-electron chi connectivity index (χ2n) is 8.78. The highest BCUT2D eigenvalue weighted by Crippen LogP contribution is 2.42. The number of ether oxygens (including phenoxy) is 2. The van der Waals surface area contributed by atoms with E-state index < -0.39 is 0 Å². The van der Waals surface area contributed by atoms with E-state index in [9.17, 15) is 0 Å². The van der Waals surface area contributed by atoms with Gasteiger partial charge in [-0.25, -0.2) is 0 Å². The number of aromatic nitrogens is 3. The zero-order valence-corrected chi connectivity index (χ0v) is 21.5. The standard InChI is InChI=1S/C30H25N5O2S/c1-36-23-13-15-25(16-14-23)37-24-11-9-21(10-12-24)35-29(28(33-30(35)38)26-7-2-3-18-32-26)27-8-5-19-34(27)22-6-4-17-31-20-22/h2-20,28-29H,1H3,(H,33,38)/t28-,29-/m0/s1. The summed E-state index contributed by atoms with van der Waals surface area (Å²) in [6.45, 7) is 0. The Morgan fingerprint density at radius 1 is 0.789 bits per heavy atom. The third kappa shape index (κ3) is 4.57. The van der Waals surface area contributed by atoms with E-state index in [1.165, 1.54) is 0 Å². The summed E-state index contributed by atoms with van der Waals surface area (Å²) < 4.78 is 13.4. The van der Waals surface area contributed by atoms with Gasteiger partial charge in [0.1, 0.15) is 23.3 Å². The number of nitrogens with one attached hydrogen (secondary N) is 1. The van der Waals surface area contributed by atoms with Crippen LogP contribution in [0.4, 0.5) is 5.69 Å². The van der Waals surface area contributed by atoms with Gasteiger partial charge in [-0.1, -0.05) is 6.07 Å². The highest BCUT2D eigenvalue weighted by molar-refractivity contribution is 7.80. The average molecular weight is 520 g/mol. The summed E-state index contributed by atoms with van der Waals surface area (Å²) in [7, 11) is 1.64. The number of methoxy groups -OCH3 is 1. The lowest BCUT2D eigenvalue weighted by Crippen LogP contribution is -2.30. The van der Waals surface area contributed by atoms with E-state index >= 15 is 0 Å². The molecule has 38 heavy (non-hydrogen) atoms. The van der Waals surface area contributed by atoms with Crippen LogP contribution in [0.3, 0.4) is 0 Å². The Labute approximate surface area is 226 Å². The normalized spacial score (nSPS) is 16.8. The van der Waals surface area contributed by atoms with Crippen LogP contribution in [0.2, 0.25) is 0 Å².